The number of alkyl halides is 3. The lowest BCUT2D eigenvalue weighted by Crippen LogP contribution is -2.13. The first kappa shape index (κ1) is 14.9. The first-order valence-corrected chi connectivity index (χ1v) is 6.36. The highest BCUT2D eigenvalue weighted by atomic mass is 79.9. The molecule has 0 atom stereocenters. The second-order valence-electron chi connectivity index (χ2n) is 3.75. The monoisotopic (exact) mass is 366 g/mol. The van der Waals surface area contributed by atoms with Crippen LogP contribution in [0.2, 0.25) is 5.02 Å². The lowest BCUT2D eigenvalue weighted by molar-refractivity contribution is -0.144. The molecule has 0 aliphatic heterocycles. The van der Waals surface area contributed by atoms with Gasteiger partial charge in [-0.2, -0.15) is 13.2 Å². The fourth-order valence-corrected chi connectivity index (χ4v) is 1.91. The molecule has 4 nitrogen and oxygen atoms in total. The van der Waals surface area contributed by atoms with E-state index in [1.54, 1.807) is 18.2 Å². The third-order valence-corrected chi connectivity index (χ3v) is 3.01. The summed E-state index contributed by atoms with van der Waals surface area (Å²) in [5.41, 5.74) is 5.74. The van der Waals surface area contributed by atoms with Crippen LogP contribution < -0.4 is 11.1 Å². The number of anilines is 3. The van der Waals surface area contributed by atoms with Crippen LogP contribution in [0.1, 0.15) is 5.82 Å². The van der Waals surface area contributed by atoms with E-state index in [1.807, 2.05) is 0 Å². The molecule has 106 valence electrons. The Morgan fingerprint density at radius 2 is 1.90 bits per heavy atom. The van der Waals surface area contributed by atoms with Gasteiger partial charge in [0, 0.05) is 10.5 Å². The molecule has 0 fully saturated rings. The van der Waals surface area contributed by atoms with Crippen molar-refractivity contribution in [2.45, 2.75) is 6.18 Å². The maximum atomic E-state index is 12.6. The summed E-state index contributed by atoms with van der Waals surface area (Å²) in [6.45, 7) is 0. The number of benzene rings is 1. The van der Waals surface area contributed by atoms with Crippen LogP contribution in [0.25, 0.3) is 0 Å². The van der Waals surface area contributed by atoms with Crippen LogP contribution in [-0.4, -0.2) is 9.97 Å². The van der Waals surface area contributed by atoms with E-state index in [9.17, 15) is 13.2 Å². The van der Waals surface area contributed by atoms with Crippen molar-refractivity contribution in [3.05, 3.63) is 39.6 Å². The standard InChI is InChI=1S/C11H7BrClF3N4/c12-5-1-2-6(13)7(3-5)18-9-4-8(17)19-10(20-9)11(14,15)16/h1-4H,(H3,17,18,19,20). The maximum Gasteiger partial charge on any atom is 0.451 e. The highest BCUT2D eigenvalue weighted by Crippen LogP contribution is 2.31. The third kappa shape index (κ3) is 3.51. The number of hydrogen-bond acceptors (Lipinski definition) is 4. The van der Waals surface area contributed by atoms with Crippen LogP contribution in [0.15, 0.2) is 28.7 Å². The van der Waals surface area contributed by atoms with Crippen molar-refractivity contribution >= 4 is 44.9 Å². The molecular weight excluding hydrogens is 360 g/mol. The molecule has 1 aromatic carbocycles. The van der Waals surface area contributed by atoms with Crippen LogP contribution in [0.4, 0.5) is 30.5 Å². The van der Waals surface area contributed by atoms with Gasteiger partial charge in [0.2, 0.25) is 5.82 Å². The van der Waals surface area contributed by atoms with E-state index in [0.29, 0.717) is 15.2 Å². The second-order valence-corrected chi connectivity index (χ2v) is 5.07. The molecule has 2 rings (SSSR count). The third-order valence-electron chi connectivity index (χ3n) is 2.19. The molecule has 0 aliphatic rings. The number of halogens is 5. The van der Waals surface area contributed by atoms with E-state index in [1.165, 1.54) is 6.07 Å². The summed E-state index contributed by atoms with van der Waals surface area (Å²) < 4.78 is 38.5. The lowest BCUT2D eigenvalue weighted by Gasteiger charge is -2.11. The van der Waals surface area contributed by atoms with E-state index < -0.39 is 12.0 Å². The molecule has 0 radical (unpaired) electrons. The first-order valence-electron chi connectivity index (χ1n) is 5.19. The summed E-state index contributed by atoms with van der Waals surface area (Å²) in [7, 11) is 0. The van der Waals surface area contributed by atoms with Crippen LogP contribution in [0.5, 0.6) is 0 Å². The molecule has 1 heterocycles. The van der Waals surface area contributed by atoms with Gasteiger partial charge in [0.25, 0.3) is 0 Å². The number of nitrogens with two attached hydrogens (primary N) is 1. The maximum absolute atomic E-state index is 12.6. The van der Waals surface area contributed by atoms with Gasteiger partial charge < -0.3 is 11.1 Å². The summed E-state index contributed by atoms with van der Waals surface area (Å²) >= 11 is 9.17. The Bertz CT molecular complexity index is 648. The largest absolute Gasteiger partial charge is 0.451 e. The van der Waals surface area contributed by atoms with Crippen LogP contribution >= 0.6 is 27.5 Å². The van der Waals surface area contributed by atoms with E-state index in [4.69, 9.17) is 17.3 Å². The van der Waals surface area contributed by atoms with Gasteiger partial charge in [-0.1, -0.05) is 27.5 Å². The van der Waals surface area contributed by atoms with Gasteiger partial charge >= 0.3 is 6.18 Å². The summed E-state index contributed by atoms with van der Waals surface area (Å²) in [4.78, 5) is 6.52. The highest BCUT2D eigenvalue weighted by Gasteiger charge is 2.35. The van der Waals surface area contributed by atoms with E-state index in [-0.39, 0.29) is 11.6 Å². The van der Waals surface area contributed by atoms with Crippen molar-refractivity contribution in [1.29, 1.82) is 0 Å². The van der Waals surface area contributed by atoms with Crippen LogP contribution in [0.3, 0.4) is 0 Å². The number of nitrogens with one attached hydrogen (secondary N) is 1. The molecule has 20 heavy (non-hydrogen) atoms. The number of nitrogen functional groups attached to an aromatic ring is 1. The average molecular weight is 368 g/mol. The van der Waals surface area contributed by atoms with Gasteiger partial charge in [0.1, 0.15) is 11.6 Å². The molecule has 0 saturated carbocycles. The Labute approximate surface area is 125 Å². The molecule has 9 heteroatoms. The SMILES string of the molecule is Nc1cc(Nc2cc(Br)ccc2Cl)nc(C(F)(F)F)n1. The molecule has 2 aromatic rings. The summed E-state index contributed by atoms with van der Waals surface area (Å²) in [5, 5.41) is 3.01. The number of rotatable bonds is 2. The minimum Gasteiger partial charge on any atom is -0.384 e. The average Bonchev–Trinajstić information content (AvgIpc) is 2.32. The Hall–Kier alpha value is -1.54. The quantitative estimate of drug-likeness (QED) is 0.833. The molecular formula is C11H7BrClF3N4. The Balaban J connectivity index is 2.39. The molecule has 0 unspecified atom stereocenters. The van der Waals surface area contributed by atoms with Crippen molar-refractivity contribution in [2.24, 2.45) is 0 Å². The number of aromatic nitrogens is 2. The van der Waals surface area contributed by atoms with Gasteiger partial charge in [0.05, 0.1) is 10.7 Å². The predicted octanol–water partition coefficient (Wildman–Crippen LogP) is 4.24. The normalized spacial score (nSPS) is 11.4. The van der Waals surface area contributed by atoms with Crippen molar-refractivity contribution in [3.8, 4) is 0 Å². The van der Waals surface area contributed by atoms with Gasteiger partial charge in [-0.05, 0) is 18.2 Å². The molecule has 0 saturated heterocycles. The molecule has 0 bridgehead atoms. The molecule has 0 aliphatic carbocycles. The van der Waals surface area contributed by atoms with Crippen LogP contribution in [-0.2, 0) is 6.18 Å². The van der Waals surface area contributed by atoms with Gasteiger partial charge in [-0.3, -0.25) is 0 Å². The van der Waals surface area contributed by atoms with E-state index in [0.717, 1.165) is 0 Å². The predicted molar refractivity (Wildman–Crippen MR) is 73.9 cm³/mol. The minimum absolute atomic E-state index is 0.0928. The summed E-state index contributed by atoms with van der Waals surface area (Å²) in [5.74, 6) is -1.70. The summed E-state index contributed by atoms with van der Waals surface area (Å²) in [6.07, 6.45) is -4.67. The van der Waals surface area contributed by atoms with Crippen LogP contribution in [0, 0.1) is 0 Å². The lowest BCUT2D eigenvalue weighted by atomic mass is 10.3. The van der Waals surface area contributed by atoms with Crippen molar-refractivity contribution in [1.82, 2.24) is 9.97 Å². The Morgan fingerprint density at radius 3 is 2.55 bits per heavy atom. The molecule has 1 aromatic heterocycles. The summed E-state index contributed by atoms with van der Waals surface area (Å²) in [6, 6.07) is 6.08. The highest BCUT2D eigenvalue weighted by molar-refractivity contribution is 9.10. The second kappa shape index (κ2) is 5.45. The molecule has 0 amide bonds. The zero-order chi connectivity index (χ0) is 14.9. The zero-order valence-electron chi connectivity index (χ0n) is 9.67. The topological polar surface area (TPSA) is 63.8 Å². The molecule has 0 spiro atoms. The smallest absolute Gasteiger partial charge is 0.384 e. The van der Waals surface area contributed by atoms with Crippen molar-refractivity contribution < 1.29 is 13.2 Å². The zero-order valence-corrected chi connectivity index (χ0v) is 12.0. The van der Waals surface area contributed by atoms with Gasteiger partial charge in [0.15, 0.2) is 0 Å². The first-order chi connectivity index (χ1) is 9.25. The fourth-order valence-electron chi connectivity index (χ4n) is 1.39. The van der Waals surface area contributed by atoms with E-state index >= 15 is 0 Å². The van der Waals surface area contributed by atoms with E-state index in [2.05, 4.69) is 31.2 Å². The Kier molecular flexibility index (Phi) is 4.05. The number of nitrogens with zero attached hydrogens (tertiary/aromatic N) is 2. The minimum atomic E-state index is -4.67. The fraction of sp³-hybridized carbons (Fsp3) is 0.0909. The Morgan fingerprint density at radius 1 is 1.20 bits per heavy atom. The van der Waals surface area contributed by atoms with Crippen molar-refractivity contribution in [3.63, 3.8) is 0 Å². The molecule has 3 N–H and O–H groups in total. The van der Waals surface area contributed by atoms with Crippen molar-refractivity contribution in [2.75, 3.05) is 11.1 Å². The number of hydrogen-bond donors (Lipinski definition) is 2. The van der Waals surface area contributed by atoms with Gasteiger partial charge in [-0.15, -0.1) is 0 Å². The van der Waals surface area contributed by atoms with Gasteiger partial charge in [-0.25, -0.2) is 9.97 Å².